The Morgan fingerprint density at radius 2 is 2.28 bits per heavy atom. The molecule has 10 heteroatoms. The summed E-state index contributed by atoms with van der Waals surface area (Å²) in [6, 6.07) is 7.64. The number of rotatable bonds is 4. The van der Waals surface area contributed by atoms with Crippen molar-refractivity contribution in [2.75, 3.05) is 11.1 Å². The fraction of sp³-hybridized carbons (Fsp3) is 0.211. The van der Waals surface area contributed by atoms with Gasteiger partial charge in [-0.2, -0.15) is 5.10 Å². The molecule has 0 bridgehead atoms. The molecule has 146 valence electrons. The summed E-state index contributed by atoms with van der Waals surface area (Å²) in [6.45, 7) is 2.01. The Morgan fingerprint density at radius 3 is 3.07 bits per heavy atom. The van der Waals surface area contributed by atoms with Crippen LogP contribution in [0.5, 0.6) is 0 Å². The van der Waals surface area contributed by atoms with E-state index in [0.717, 1.165) is 11.3 Å². The number of benzene rings is 1. The van der Waals surface area contributed by atoms with Crippen molar-refractivity contribution in [1.82, 2.24) is 24.3 Å². The van der Waals surface area contributed by atoms with Gasteiger partial charge in [0.05, 0.1) is 17.9 Å². The minimum absolute atomic E-state index is 0.166. The zero-order valence-corrected chi connectivity index (χ0v) is 17.0. The van der Waals surface area contributed by atoms with E-state index in [1.165, 1.54) is 23.1 Å². The number of fused-ring (bicyclic) bond motifs is 2. The molecule has 0 saturated carbocycles. The molecule has 3 aromatic heterocycles. The van der Waals surface area contributed by atoms with Crippen LogP contribution in [0.3, 0.4) is 0 Å². The maximum atomic E-state index is 13.2. The molecule has 4 aromatic rings. The average molecular weight is 425 g/mol. The zero-order valence-electron chi connectivity index (χ0n) is 15.4. The van der Waals surface area contributed by atoms with E-state index < -0.39 is 0 Å². The van der Waals surface area contributed by atoms with Gasteiger partial charge in [0, 0.05) is 23.8 Å². The van der Waals surface area contributed by atoms with Crippen LogP contribution in [-0.4, -0.2) is 36.0 Å². The second-order valence-electron chi connectivity index (χ2n) is 6.76. The lowest BCUT2D eigenvalue weighted by Gasteiger charge is -2.12. The van der Waals surface area contributed by atoms with Crippen LogP contribution in [0, 0.1) is 6.92 Å². The van der Waals surface area contributed by atoms with Gasteiger partial charge in [-0.05, 0) is 24.6 Å². The van der Waals surface area contributed by atoms with Crippen molar-refractivity contribution in [3.8, 4) is 5.69 Å². The summed E-state index contributed by atoms with van der Waals surface area (Å²) in [7, 11) is 0. The van der Waals surface area contributed by atoms with Crippen LogP contribution in [0.15, 0.2) is 52.0 Å². The summed E-state index contributed by atoms with van der Waals surface area (Å²) in [6.07, 6.45) is 3.38. The third-order valence-electron chi connectivity index (χ3n) is 4.72. The summed E-state index contributed by atoms with van der Waals surface area (Å²) >= 11 is 2.84. The van der Waals surface area contributed by atoms with Gasteiger partial charge in [0.1, 0.15) is 5.39 Å². The number of thiazole rings is 1. The fourth-order valence-electron chi connectivity index (χ4n) is 3.40. The molecule has 0 radical (unpaired) electrons. The summed E-state index contributed by atoms with van der Waals surface area (Å²) < 4.78 is 3.31. The molecular formula is C19H16N6O2S2. The number of carbonyl (C=O) groups excluding carboxylic acids is 1. The minimum atomic E-state index is -0.248. The first-order valence-corrected chi connectivity index (χ1v) is 10.9. The fourth-order valence-corrected chi connectivity index (χ4v) is 5.07. The molecule has 4 heterocycles. The standard InChI is InChI=1S/C19H16N6O2S2/c1-11-3-2-4-12(7-11)25-16-14(9-21-25)17(27)24-13(10-29-19(24)23-16)8-15(26)22-18-20-5-6-28-18/h2-7,9,13H,8,10H2,1H3,(H,20,22,26)/t13-/m0/s1. The van der Waals surface area contributed by atoms with Crippen LogP contribution < -0.4 is 10.9 Å². The first-order valence-electron chi connectivity index (χ1n) is 8.99. The highest BCUT2D eigenvalue weighted by molar-refractivity contribution is 7.99. The molecule has 0 spiro atoms. The number of hydrogen-bond donors (Lipinski definition) is 1. The van der Waals surface area contributed by atoms with Crippen molar-refractivity contribution in [3.63, 3.8) is 0 Å². The van der Waals surface area contributed by atoms with E-state index in [1.54, 1.807) is 27.0 Å². The predicted molar refractivity (Wildman–Crippen MR) is 113 cm³/mol. The molecule has 1 aromatic carbocycles. The van der Waals surface area contributed by atoms with E-state index in [9.17, 15) is 9.59 Å². The molecule has 1 amide bonds. The van der Waals surface area contributed by atoms with Crippen molar-refractivity contribution >= 4 is 45.2 Å². The number of aromatic nitrogens is 5. The van der Waals surface area contributed by atoms with Crippen LogP contribution in [0.4, 0.5) is 5.13 Å². The number of aryl methyl sites for hydroxylation is 1. The number of anilines is 1. The van der Waals surface area contributed by atoms with E-state index in [2.05, 4.69) is 15.4 Å². The zero-order chi connectivity index (χ0) is 20.0. The average Bonchev–Trinajstić information content (AvgIpc) is 3.42. The molecule has 1 atom stereocenters. The van der Waals surface area contributed by atoms with Crippen LogP contribution in [0.1, 0.15) is 18.0 Å². The first kappa shape index (κ1) is 18.1. The minimum Gasteiger partial charge on any atom is -0.302 e. The quantitative estimate of drug-likeness (QED) is 0.506. The number of nitrogens with one attached hydrogen (secondary N) is 1. The summed E-state index contributed by atoms with van der Waals surface area (Å²) in [5, 5.41) is 10.6. The largest absolute Gasteiger partial charge is 0.302 e. The molecule has 29 heavy (non-hydrogen) atoms. The Labute approximate surface area is 173 Å². The van der Waals surface area contributed by atoms with Gasteiger partial charge in [0.25, 0.3) is 5.56 Å². The van der Waals surface area contributed by atoms with Crippen LogP contribution in [0.25, 0.3) is 16.7 Å². The number of thioether (sulfide) groups is 1. The van der Waals surface area contributed by atoms with Crippen LogP contribution >= 0.6 is 23.1 Å². The second kappa shape index (κ2) is 7.12. The van der Waals surface area contributed by atoms with E-state index in [0.29, 0.717) is 27.1 Å². The SMILES string of the molecule is Cc1cccc(-n2ncc3c(=O)n4c(nc32)SC[C@@H]4CC(=O)Nc2nccs2)c1. The highest BCUT2D eigenvalue weighted by Crippen LogP contribution is 2.33. The maximum Gasteiger partial charge on any atom is 0.265 e. The molecule has 5 rings (SSSR count). The highest BCUT2D eigenvalue weighted by Gasteiger charge is 2.29. The number of nitrogens with zero attached hydrogens (tertiary/aromatic N) is 5. The van der Waals surface area contributed by atoms with Gasteiger partial charge in [-0.25, -0.2) is 14.6 Å². The maximum absolute atomic E-state index is 13.2. The third-order valence-corrected chi connectivity index (χ3v) is 6.50. The van der Waals surface area contributed by atoms with E-state index in [-0.39, 0.29) is 23.9 Å². The van der Waals surface area contributed by atoms with E-state index in [4.69, 9.17) is 4.98 Å². The van der Waals surface area contributed by atoms with Crippen molar-refractivity contribution in [2.24, 2.45) is 0 Å². The first-order chi connectivity index (χ1) is 14.1. The number of hydrogen-bond acceptors (Lipinski definition) is 7. The van der Waals surface area contributed by atoms with Crippen LogP contribution in [-0.2, 0) is 4.79 Å². The Hall–Kier alpha value is -2.98. The van der Waals surface area contributed by atoms with Gasteiger partial charge >= 0.3 is 0 Å². The topological polar surface area (TPSA) is 94.7 Å². The van der Waals surface area contributed by atoms with Crippen molar-refractivity contribution in [2.45, 2.75) is 24.5 Å². The Bertz CT molecular complexity index is 1280. The van der Waals surface area contributed by atoms with Gasteiger partial charge in [-0.15, -0.1) is 11.3 Å². The molecule has 1 aliphatic rings. The van der Waals surface area contributed by atoms with E-state index >= 15 is 0 Å². The molecule has 0 fully saturated rings. The van der Waals surface area contributed by atoms with Crippen molar-refractivity contribution in [3.05, 3.63) is 58.0 Å². The molecule has 0 unspecified atom stereocenters. The summed E-state index contributed by atoms with van der Waals surface area (Å²) in [4.78, 5) is 34.3. The summed E-state index contributed by atoms with van der Waals surface area (Å²) in [5.74, 6) is 0.457. The second-order valence-corrected chi connectivity index (χ2v) is 8.64. The van der Waals surface area contributed by atoms with Gasteiger partial charge in [-0.1, -0.05) is 23.9 Å². The van der Waals surface area contributed by atoms with Crippen molar-refractivity contribution in [1.29, 1.82) is 0 Å². The van der Waals surface area contributed by atoms with Crippen LogP contribution in [0.2, 0.25) is 0 Å². The Balaban J connectivity index is 1.49. The predicted octanol–water partition coefficient (Wildman–Crippen LogP) is 3.02. The van der Waals surface area contributed by atoms with Gasteiger partial charge in [-0.3, -0.25) is 14.2 Å². The molecule has 0 saturated heterocycles. The van der Waals surface area contributed by atoms with Gasteiger partial charge in [0.2, 0.25) is 5.91 Å². The lowest BCUT2D eigenvalue weighted by molar-refractivity contribution is -0.116. The highest BCUT2D eigenvalue weighted by atomic mass is 32.2. The normalized spacial score (nSPS) is 15.6. The Morgan fingerprint density at radius 1 is 1.38 bits per heavy atom. The molecule has 1 aliphatic heterocycles. The number of amides is 1. The monoisotopic (exact) mass is 424 g/mol. The molecule has 8 nitrogen and oxygen atoms in total. The van der Waals surface area contributed by atoms with Gasteiger partial charge in [0.15, 0.2) is 15.9 Å². The smallest absolute Gasteiger partial charge is 0.265 e. The molecule has 1 N–H and O–H groups in total. The van der Waals surface area contributed by atoms with Gasteiger partial charge < -0.3 is 5.32 Å². The Kier molecular flexibility index (Phi) is 4.44. The molecule has 0 aliphatic carbocycles. The lowest BCUT2D eigenvalue weighted by atomic mass is 10.2. The van der Waals surface area contributed by atoms with E-state index in [1.807, 2.05) is 31.2 Å². The number of carbonyl (C=O) groups is 1. The van der Waals surface area contributed by atoms with Crippen molar-refractivity contribution < 1.29 is 4.79 Å². The lowest BCUT2D eigenvalue weighted by Crippen LogP contribution is -2.27. The third kappa shape index (κ3) is 3.23. The summed E-state index contributed by atoms with van der Waals surface area (Å²) in [5.41, 5.74) is 2.33. The molecular weight excluding hydrogens is 408 g/mol.